The van der Waals surface area contributed by atoms with Gasteiger partial charge in [-0.2, -0.15) is 13.2 Å². The van der Waals surface area contributed by atoms with E-state index in [4.69, 9.17) is 24.9 Å². The summed E-state index contributed by atoms with van der Waals surface area (Å²) in [7, 11) is 1.52. The molecule has 1 aromatic rings. The summed E-state index contributed by atoms with van der Waals surface area (Å²) in [6.07, 6.45) is 1.32. The predicted octanol–water partition coefficient (Wildman–Crippen LogP) is 6.29. The molecule has 0 aromatic heterocycles. The molecule has 1 fully saturated rings. The lowest BCUT2D eigenvalue weighted by molar-refractivity contribution is -0.141. The van der Waals surface area contributed by atoms with Gasteiger partial charge >= 0.3 is 12.1 Å². The monoisotopic (exact) mass is 539 g/mol. The summed E-state index contributed by atoms with van der Waals surface area (Å²) in [4.78, 5) is 17.6. The number of carbonyl (C=O) groups is 1. The second kappa shape index (κ2) is 14.7. The van der Waals surface area contributed by atoms with Gasteiger partial charge in [-0.25, -0.2) is 4.99 Å². The number of likely N-dealkylation sites (tertiary alicyclic amines) is 1. The smallest absolute Gasteiger partial charge is 0.419 e. The Morgan fingerprint density at radius 3 is 2.53 bits per heavy atom. The first-order valence-electron chi connectivity index (χ1n) is 13.1. The highest BCUT2D eigenvalue weighted by Crippen LogP contribution is 2.39. The van der Waals surface area contributed by atoms with Crippen LogP contribution in [0.25, 0.3) is 5.70 Å². The van der Waals surface area contributed by atoms with Gasteiger partial charge in [0.25, 0.3) is 0 Å². The summed E-state index contributed by atoms with van der Waals surface area (Å²) in [5.74, 6) is 0.413. The molecule has 212 valence electrons. The van der Waals surface area contributed by atoms with Gasteiger partial charge in [0.05, 0.1) is 37.4 Å². The summed E-state index contributed by atoms with van der Waals surface area (Å²) in [5.41, 5.74) is 6.99. The number of aliphatic imine (C=N–C) groups is 1. The number of alkyl halides is 3. The summed E-state index contributed by atoms with van der Waals surface area (Å²) in [5, 5.41) is 0. The molecule has 1 aliphatic rings. The van der Waals surface area contributed by atoms with Crippen LogP contribution >= 0.6 is 0 Å². The van der Waals surface area contributed by atoms with E-state index < -0.39 is 17.7 Å². The van der Waals surface area contributed by atoms with E-state index in [0.717, 1.165) is 37.4 Å². The number of nitrogens with two attached hydrogens (primary N) is 1. The van der Waals surface area contributed by atoms with E-state index in [1.165, 1.54) is 20.1 Å². The van der Waals surface area contributed by atoms with E-state index in [-0.39, 0.29) is 25.0 Å². The molecule has 1 aromatic carbocycles. The molecular formula is C28H40F3N3O4. The second-order valence-corrected chi connectivity index (χ2v) is 9.13. The summed E-state index contributed by atoms with van der Waals surface area (Å²) >= 11 is 0. The number of esters is 1. The summed E-state index contributed by atoms with van der Waals surface area (Å²) in [6.45, 7) is 8.11. The molecule has 0 bridgehead atoms. The van der Waals surface area contributed by atoms with Crippen molar-refractivity contribution in [3.8, 4) is 5.75 Å². The number of hydrogen-bond acceptors (Lipinski definition) is 7. The van der Waals surface area contributed by atoms with Crippen molar-refractivity contribution in [2.75, 3.05) is 26.9 Å². The normalized spacial score (nSPS) is 17.4. The number of unbranched alkanes of at least 4 members (excludes halogenated alkanes) is 1. The van der Waals surface area contributed by atoms with Crippen molar-refractivity contribution in [1.29, 1.82) is 0 Å². The summed E-state index contributed by atoms with van der Waals surface area (Å²) < 4.78 is 58.1. The Balaban J connectivity index is 2.39. The molecule has 1 atom stereocenters. The molecule has 1 aliphatic heterocycles. The first-order chi connectivity index (χ1) is 18.0. The van der Waals surface area contributed by atoms with Crippen LogP contribution in [0.4, 0.5) is 13.2 Å². The van der Waals surface area contributed by atoms with Crippen molar-refractivity contribution >= 4 is 17.6 Å². The van der Waals surface area contributed by atoms with E-state index in [0.29, 0.717) is 42.2 Å². The maximum Gasteiger partial charge on any atom is 0.419 e. The lowest BCUT2D eigenvalue weighted by Crippen LogP contribution is -2.39. The van der Waals surface area contributed by atoms with Crippen LogP contribution in [-0.2, 0) is 20.4 Å². The fraction of sp³-hybridized carbons (Fsp3) is 0.571. The summed E-state index contributed by atoms with van der Waals surface area (Å²) in [6, 6.07) is 3.81. The SMILES string of the molecule is CC/C=C(\N)N1CCCC1C(=N/C(=C(\C)CC)c1ccc(OCCCCOC(C)=O)c(C(F)(F)F)c1)OC. The third-order valence-corrected chi connectivity index (χ3v) is 6.31. The zero-order valence-electron chi connectivity index (χ0n) is 23.0. The van der Waals surface area contributed by atoms with Crippen LogP contribution in [0.2, 0.25) is 0 Å². The molecule has 0 amide bonds. The minimum Gasteiger partial charge on any atom is -0.493 e. The van der Waals surface area contributed by atoms with Crippen LogP contribution in [0.1, 0.15) is 77.3 Å². The van der Waals surface area contributed by atoms with E-state index in [1.54, 1.807) is 6.07 Å². The Morgan fingerprint density at radius 2 is 1.92 bits per heavy atom. The van der Waals surface area contributed by atoms with Crippen LogP contribution < -0.4 is 10.5 Å². The number of carbonyl (C=O) groups excluding carboxylic acids is 1. The van der Waals surface area contributed by atoms with Crippen LogP contribution in [0.3, 0.4) is 0 Å². The molecule has 2 rings (SSSR count). The Kier molecular flexibility index (Phi) is 12.0. The molecule has 1 saturated heterocycles. The van der Waals surface area contributed by atoms with Crippen molar-refractivity contribution in [2.24, 2.45) is 10.7 Å². The van der Waals surface area contributed by atoms with Gasteiger partial charge < -0.3 is 24.8 Å². The molecule has 0 aliphatic carbocycles. The van der Waals surface area contributed by atoms with Crippen molar-refractivity contribution in [3.63, 3.8) is 0 Å². The fourth-order valence-corrected chi connectivity index (χ4v) is 4.23. The molecule has 10 heteroatoms. The number of hydrogen-bond donors (Lipinski definition) is 1. The number of methoxy groups -OCH3 is 1. The Bertz CT molecular complexity index is 1030. The van der Waals surface area contributed by atoms with Gasteiger partial charge in [0.15, 0.2) is 0 Å². The molecule has 1 unspecified atom stereocenters. The number of rotatable bonds is 12. The third-order valence-electron chi connectivity index (χ3n) is 6.31. The van der Waals surface area contributed by atoms with Crippen LogP contribution in [0, 0.1) is 0 Å². The number of halogens is 3. The number of benzene rings is 1. The molecule has 1 heterocycles. The molecule has 2 N–H and O–H groups in total. The van der Waals surface area contributed by atoms with Crippen molar-refractivity contribution < 1.29 is 32.2 Å². The standard InChI is InChI=1S/C28H40F3N3O4/c1-6-11-25(32)34-15-10-12-23(34)27(36-5)33-26(19(3)7-2)21-13-14-24(22(18-21)28(29,30)31)38-17-9-8-16-37-20(4)35/h11,13-14,18,23H,6-10,12,15-17,32H2,1-5H3/b25-11+,26-19+,33-27?. The van der Waals surface area contributed by atoms with E-state index >= 15 is 0 Å². The third kappa shape index (κ3) is 8.70. The maximum absolute atomic E-state index is 14.0. The minimum atomic E-state index is -4.62. The van der Waals surface area contributed by atoms with Gasteiger partial charge in [-0.05, 0) is 75.3 Å². The molecule has 0 saturated carbocycles. The highest BCUT2D eigenvalue weighted by Gasteiger charge is 2.35. The van der Waals surface area contributed by atoms with Gasteiger partial charge in [-0.15, -0.1) is 0 Å². The average molecular weight is 540 g/mol. The van der Waals surface area contributed by atoms with Gasteiger partial charge in [0.2, 0.25) is 5.90 Å². The van der Waals surface area contributed by atoms with Gasteiger partial charge in [0, 0.05) is 19.0 Å². The second-order valence-electron chi connectivity index (χ2n) is 9.13. The first-order valence-corrected chi connectivity index (χ1v) is 13.1. The topological polar surface area (TPSA) is 86.4 Å². The maximum atomic E-state index is 14.0. The lowest BCUT2D eigenvalue weighted by atomic mass is 10.0. The van der Waals surface area contributed by atoms with E-state index in [2.05, 4.69) is 0 Å². The molecular weight excluding hydrogens is 499 g/mol. The van der Waals surface area contributed by atoms with Crippen molar-refractivity contribution in [3.05, 3.63) is 46.8 Å². The Morgan fingerprint density at radius 1 is 1.21 bits per heavy atom. The Hall–Kier alpha value is -3.17. The zero-order valence-corrected chi connectivity index (χ0v) is 23.0. The van der Waals surface area contributed by atoms with Gasteiger partial charge in [0.1, 0.15) is 11.8 Å². The molecule has 38 heavy (non-hydrogen) atoms. The van der Waals surface area contributed by atoms with E-state index in [9.17, 15) is 18.0 Å². The predicted molar refractivity (Wildman–Crippen MR) is 142 cm³/mol. The zero-order chi connectivity index (χ0) is 28.3. The molecule has 0 spiro atoms. The van der Waals surface area contributed by atoms with E-state index in [1.807, 2.05) is 31.7 Å². The lowest BCUT2D eigenvalue weighted by Gasteiger charge is -2.27. The average Bonchev–Trinajstić information content (AvgIpc) is 3.36. The highest BCUT2D eigenvalue weighted by atomic mass is 19.4. The first kappa shape index (κ1) is 31.1. The minimum absolute atomic E-state index is 0.0660. The van der Waals surface area contributed by atoms with Gasteiger partial charge in [-0.3, -0.25) is 4.79 Å². The van der Waals surface area contributed by atoms with Crippen LogP contribution in [-0.4, -0.2) is 49.7 Å². The van der Waals surface area contributed by atoms with Crippen molar-refractivity contribution in [2.45, 2.75) is 78.4 Å². The quantitative estimate of drug-likeness (QED) is 0.145. The van der Waals surface area contributed by atoms with Crippen LogP contribution in [0.5, 0.6) is 5.75 Å². The van der Waals surface area contributed by atoms with Crippen molar-refractivity contribution in [1.82, 2.24) is 4.90 Å². The Labute approximate surface area is 223 Å². The number of nitrogens with zero attached hydrogens (tertiary/aromatic N) is 2. The molecule has 7 nitrogen and oxygen atoms in total. The number of ether oxygens (including phenoxy) is 3. The van der Waals surface area contributed by atoms with Gasteiger partial charge in [-0.1, -0.05) is 13.8 Å². The fourth-order valence-electron chi connectivity index (χ4n) is 4.23. The molecule has 0 radical (unpaired) electrons. The van der Waals surface area contributed by atoms with Crippen LogP contribution in [0.15, 0.2) is 40.7 Å². The number of allylic oxidation sites excluding steroid dienone is 2. The largest absolute Gasteiger partial charge is 0.493 e. The highest BCUT2D eigenvalue weighted by molar-refractivity contribution is 5.89.